The second-order valence-corrected chi connectivity index (χ2v) is 9.29. The highest BCUT2D eigenvalue weighted by molar-refractivity contribution is 5.59. The van der Waals surface area contributed by atoms with Crippen LogP contribution in [-0.4, -0.2) is 57.5 Å². The summed E-state index contributed by atoms with van der Waals surface area (Å²) in [6, 6.07) is 6.64. The van der Waals surface area contributed by atoms with Crippen molar-refractivity contribution in [1.29, 1.82) is 0 Å². The Balaban J connectivity index is 1.59. The van der Waals surface area contributed by atoms with Crippen LogP contribution < -0.4 is 16.0 Å². The monoisotopic (exact) mass is 454 g/mol. The highest BCUT2D eigenvalue weighted by Crippen LogP contribution is 2.29. The van der Waals surface area contributed by atoms with Gasteiger partial charge in [0.25, 0.3) is 5.69 Å². The Hall–Kier alpha value is -3.01. The van der Waals surface area contributed by atoms with E-state index < -0.39 is 4.92 Å². The number of hydrogen-bond acceptors (Lipinski definition) is 9. The van der Waals surface area contributed by atoms with Gasteiger partial charge in [0.15, 0.2) is 0 Å². The number of nitrogens with zero attached hydrogens (tertiary/aromatic N) is 6. The molecule has 33 heavy (non-hydrogen) atoms. The van der Waals surface area contributed by atoms with E-state index in [1.165, 1.54) is 50.7 Å². The molecule has 3 N–H and O–H groups in total. The largest absolute Gasteiger partial charge is 0.368 e. The first-order valence-electron chi connectivity index (χ1n) is 12.0. The second kappa shape index (κ2) is 10.7. The molecule has 2 heterocycles. The summed E-state index contributed by atoms with van der Waals surface area (Å²) in [5, 5.41) is 14.2. The van der Waals surface area contributed by atoms with Crippen LogP contribution >= 0.6 is 0 Å². The minimum atomic E-state index is -0.424. The molecular formula is C23H34N8O2. The molecule has 1 saturated carbocycles. The first-order chi connectivity index (χ1) is 16.0. The Kier molecular flexibility index (Phi) is 7.54. The molecule has 0 bridgehead atoms. The van der Waals surface area contributed by atoms with Crippen molar-refractivity contribution >= 4 is 29.2 Å². The summed E-state index contributed by atoms with van der Waals surface area (Å²) in [4.78, 5) is 28.9. The van der Waals surface area contributed by atoms with E-state index >= 15 is 0 Å². The van der Waals surface area contributed by atoms with E-state index in [0.29, 0.717) is 29.5 Å². The minimum absolute atomic E-state index is 0.00330. The van der Waals surface area contributed by atoms with E-state index in [2.05, 4.69) is 32.1 Å². The van der Waals surface area contributed by atoms with Crippen molar-refractivity contribution in [3.8, 4) is 0 Å². The van der Waals surface area contributed by atoms with Crippen molar-refractivity contribution in [1.82, 2.24) is 19.9 Å². The zero-order valence-electron chi connectivity index (χ0n) is 19.3. The molecule has 0 atom stereocenters. The lowest BCUT2D eigenvalue weighted by atomic mass is 9.97. The molecule has 0 amide bonds. The Morgan fingerprint density at radius 2 is 1.85 bits per heavy atom. The first-order valence-corrected chi connectivity index (χ1v) is 12.0. The lowest BCUT2D eigenvalue weighted by Crippen LogP contribution is -2.46. The van der Waals surface area contributed by atoms with Gasteiger partial charge in [-0.2, -0.15) is 15.0 Å². The Labute approximate surface area is 194 Å². The van der Waals surface area contributed by atoms with Crippen molar-refractivity contribution in [2.75, 3.05) is 42.6 Å². The summed E-state index contributed by atoms with van der Waals surface area (Å²) >= 11 is 0. The molecule has 4 rings (SSSR count). The topological polar surface area (TPSA) is 126 Å². The molecule has 2 aliphatic rings. The van der Waals surface area contributed by atoms with Gasteiger partial charge in [-0.1, -0.05) is 31.7 Å². The molecule has 1 aromatic heterocycles. The number of nitrogen functional groups attached to an aromatic ring is 1. The van der Waals surface area contributed by atoms with Gasteiger partial charge in [0, 0.05) is 30.4 Å². The van der Waals surface area contributed by atoms with Gasteiger partial charge in [0.05, 0.1) is 4.92 Å². The van der Waals surface area contributed by atoms with Gasteiger partial charge in [-0.05, 0) is 57.8 Å². The van der Waals surface area contributed by atoms with Gasteiger partial charge in [0.2, 0.25) is 17.8 Å². The number of non-ortho nitro benzene ring substituents is 1. The van der Waals surface area contributed by atoms with Crippen LogP contribution in [0.1, 0.15) is 51.4 Å². The van der Waals surface area contributed by atoms with E-state index in [-0.39, 0.29) is 11.6 Å². The predicted octanol–water partition coefficient (Wildman–Crippen LogP) is 3.98. The molecule has 1 aromatic carbocycles. The molecule has 0 radical (unpaired) electrons. The summed E-state index contributed by atoms with van der Waals surface area (Å²) in [5.41, 5.74) is 6.63. The van der Waals surface area contributed by atoms with Gasteiger partial charge >= 0.3 is 0 Å². The van der Waals surface area contributed by atoms with E-state index in [1.807, 2.05) is 0 Å². The Bertz CT molecular complexity index is 940. The zero-order valence-corrected chi connectivity index (χ0v) is 19.3. The standard InChI is InChI=1S/C23H34N8O2/c1-29-13-11-19(12-14-29)30(16-17-7-4-2-3-5-8-17)23-27-21(24)26-22(28-23)25-18-9-6-10-20(15-18)31(32)33/h6,9-10,15,17,19H,2-5,7-8,11-14,16H2,1H3,(H3,24,25,26,27,28). The van der Waals surface area contributed by atoms with E-state index in [9.17, 15) is 10.1 Å². The molecule has 2 fully saturated rings. The number of aromatic nitrogens is 3. The normalized spacial score (nSPS) is 18.6. The van der Waals surface area contributed by atoms with Gasteiger partial charge in [-0.3, -0.25) is 10.1 Å². The number of likely N-dealkylation sites (tertiary alicyclic amines) is 1. The van der Waals surface area contributed by atoms with E-state index in [0.717, 1.165) is 32.5 Å². The van der Waals surface area contributed by atoms with Gasteiger partial charge in [-0.15, -0.1) is 0 Å². The number of nitrogens with one attached hydrogen (secondary N) is 1. The summed E-state index contributed by atoms with van der Waals surface area (Å²) in [6.45, 7) is 3.02. The average Bonchev–Trinajstić information content (AvgIpc) is 3.07. The van der Waals surface area contributed by atoms with Crippen LogP contribution in [0, 0.1) is 16.0 Å². The molecule has 1 aliphatic heterocycles. The number of rotatable bonds is 7. The highest BCUT2D eigenvalue weighted by Gasteiger charge is 2.28. The van der Waals surface area contributed by atoms with E-state index in [4.69, 9.17) is 10.7 Å². The number of nitro benzene ring substituents is 1. The van der Waals surface area contributed by atoms with Crippen molar-refractivity contribution in [3.63, 3.8) is 0 Å². The number of piperidine rings is 1. The van der Waals surface area contributed by atoms with Crippen LogP contribution in [0.4, 0.5) is 29.2 Å². The Morgan fingerprint density at radius 1 is 1.12 bits per heavy atom. The van der Waals surface area contributed by atoms with Gasteiger partial charge in [-0.25, -0.2) is 0 Å². The highest BCUT2D eigenvalue weighted by atomic mass is 16.6. The zero-order chi connectivity index (χ0) is 23.2. The van der Waals surface area contributed by atoms with Crippen LogP contribution in [0.5, 0.6) is 0 Å². The number of nitrogens with two attached hydrogens (primary N) is 1. The average molecular weight is 455 g/mol. The lowest BCUT2D eigenvalue weighted by molar-refractivity contribution is -0.384. The predicted molar refractivity (Wildman–Crippen MR) is 130 cm³/mol. The first kappa shape index (κ1) is 23.2. The maximum Gasteiger partial charge on any atom is 0.271 e. The number of benzene rings is 1. The van der Waals surface area contributed by atoms with E-state index in [1.54, 1.807) is 12.1 Å². The maximum absolute atomic E-state index is 11.1. The van der Waals surface area contributed by atoms with Crippen LogP contribution in [-0.2, 0) is 0 Å². The second-order valence-electron chi connectivity index (χ2n) is 9.29. The fraction of sp³-hybridized carbons (Fsp3) is 0.609. The third-order valence-electron chi connectivity index (χ3n) is 6.77. The molecule has 0 unspecified atom stereocenters. The summed E-state index contributed by atoms with van der Waals surface area (Å²) in [6.07, 6.45) is 9.80. The van der Waals surface area contributed by atoms with Crippen molar-refractivity contribution < 1.29 is 4.92 Å². The lowest BCUT2D eigenvalue weighted by Gasteiger charge is -2.39. The van der Waals surface area contributed by atoms with Crippen molar-refractivity contribution in [2.24, 2.45) is 5.92 Å². The van der Waals surface area contributed by atoms with Crippen LogP contribution in [0.2, 0.25) is 0 Å². The third-order valence-corrected chi connectivity index (χ3v) is 6.77. The van der Waals surface area contributed by atoms with Crippen LogP contribution in [0.15, 0.2) is 24.3 Å². The molecule has 1 saturated heterocycles. The smallest absolute Gasteiger partial charge is 0.271 e. The molecular weight excluding hydrogens is 420 g/mol. The summed E-state index contributed by atoms with van der Waals surface area (Å²) in [7, 11) is 2.16. The SMILES string of the molecule is CN1CCC(N(CC2CCCCCC2)c2nc(N)nc(Nc3cccc([N+](=O)[O-])c3)n2)CC1. The molecule has 10 nitrogen and oxygen atoms in total. The van der Waals surface area contributed by atoms with Crippen LogP contribution in [0.3, 0.4) is 0 Å². The molecule has 2 aromatic rings. The van der Waals surface area contributed by atoms with Gasteiger partial charge in [0.1, 0.15) is 0 Å². The Morgan fingerprint density at radius 3 is 2.55 bits per heavy atom. The van der Waals surface area contributed by atoms with Gasteiger partial charge < -0.3 is 20.9 Å². The molecule has 0 spiro atoms. The minimum Gasteiger partial charge on any atom is -0.368 e. The summed E-state index contributed by atoms with van der Waals surface area (Å²) in [5.74, 6) is 1.66. The quantitative estimate of drug-likeness (QED) is 0.363. The number of anilines is 4. The number of nitro groups is 1. The van der Waals surface area contributed by atoms with Crippen molar-refractivity contribution in [2.45, 2.75) is 57.4 Å². The third kappa shape index (κ3) is 6.28. The molecule has 10 heteroatoms. The fourth-order valence-electron chi connectivity index (χ4n) is 4.92. The number of hydrogen-bond donors (Lipinski definition) is 2. The van der Waals surface area contributed by atoms with Crippen LogP contribution in [0.25, 0.3) is 0 Å². The molecule has 1 aliphatic carbocycles. The maximum atomic E-state index is 11.1. The molecule has 178 valence electrons. The summed E-state index contributed by atoms with van der Waals surface area (Å²) < 4.78 is 0. The van der Waals surface area contributed by atoms with Crippen molar-refractivity contribution in [3.05, 3.63) is 34.4 Å². The fourth-order valence-corrected chi connectivity index (χ4v) is 4.92.